The number of carbonyl (C=O) groups excluding carboxylic acids is 1. The Bertz CT molecular complexity index is 415. The van der Waals surface area contributed by atoms with Crippen LogP contribution in [0.25, 0.3) is 0 Å². The maximum Gasteiger partial charge on any atom is 0.240 e. The third kappa shape index (κ3) is 2.83. The molecular weight excluding hydrogens is 232 g/mol. The van der Waals surface area contributed by atoms with Crippen LogP contribution in [0.2, 0.25) is 0 Å². The standard InChI is InChI=1S/C12H18N4O2/c1-9(2)12(18)7-16(8-12)6-10(17)15-11-13-4-3-5-14-11/h3-5,9,18H,6-8H2,1-2H3,(H,13,14,15,17). The number of nitrogens with one attached hydrogen (secondary N) is 1. The normalized spacial score (nSPS) is 18.4. The smallest absolute Gasteiger partial charge is 0.240 e. The molecule has 1 fully saturated rings. The topological polar surface area (TPSA) is 78.4 Å². The fourth-order valence-corrected chi connectivity index (χ4v) is 1.94. The first-order valence-electron chi connectivity index (χ1n) is 6.01. The van der Waals surface area contributed by atoms with Crippen LogP contribution in [0.1, 0.15) is 13.8 Å². The van der Waals surface area contributed by atoms with Gasteiger partial charge in [0.25, 0.3) is 0 Å². The zero-order valence-electron chi connectivity index (χ0n) is 10.6. The van der Waals surface area contributed by atoms with Crippen LogP contribution in [0.5, 0.6) is 0 Å². The minimum atomic E-state index is -0.649. The molecule has 6 heteroatoms. The van der Waals surface area contributed by atoms with Crippen molar-refractivity contribution in [2.45, 2.75) is 19.4 Å². The summed E-state index contributed by atoms with van der Waals surface area (Å²) < 4.78 is 0. The van der Waals surface area contributed by atoms with Gasteiger partial charge in [0.1, 0.15) is 0 Å². The average molecular weight is 250 g/mol. The highest BCUT2D eigenvalue weighted by Gasteiger charge is 2.43. The molecule has 0 unspecified atom stereocenters. The van der Waals surface area contributed by atoms with Gasteiger partial charge in [0.15, 0.2) is 0 Å². The Kier molecular flexibility index (Phi) is 3.58. The molecule has 0 saturated carbocycles. The molecule has 1 aromatic heterocycles. The Morgan fingerprint density at radius 1 is 1.50 bits per heavy atom. The average Bonchev–Trinajstić information content (AvgIpc) is 2.27. The van der Waals surface area contributed by atoms with Gasteiger partial charge in [0, 0.05) is 25.5 Å². The van der Waals surface area contributed by atoms with E-state index in [4.69, 9.17) is 0 Å². The van der Waals surface area contributed by atoms with Gasteiger partial charge in [0.2, 0.25) is 11.9 Å². The molecule has 0 aliphatic carbocycles. The van der Waals surface area contributed by atoms with E-state index < -0.39 is 5.60 Å². The van der Waals surface area contributed by atoms with Crippen LogP contribution in [0.3, 0.4) is 0 Å². The van der Waals surface area contributed by atoms with Crippen molar-refractivity contribution in [1.82, 2.24) is 14.9 Å². The zero-order valence-corrected chi connectivity index (χ0v) is 10.6. The van der Waals surface area contributed by atoms with Crippen LogP contribution < -0.4 is 5.32 Å². The van der Waals surface area contributed by atoms with E-state index in [-0.39, 0.29) is 18.4 Å². The Balaban J connectivity index is 1.77. The summed E-state index contributed by atoms with van der Waals surface area (Å²) in [5.74, 6) is 0.350. The summed E-state index contributed by atoms with van der Waals surface area (Å²) >= 11 is 0. The molecule has 0 atom stereocenters. The monoisotopic (exact) mass is 250 g/mol. The molecule has 0 spiro atoms. The molecule has 1 aromatic rings. The molecule has 1 saturated heterocycles. The van der Waals surface area contributed by atoms with E-state index in [2.05, 4.69) is 15.3 Å². The minimum absolute atomic E-state index is 0.160. The summed E-state index contributed by atoms with van der Waals surface area (Å²) in [6, 6.07) is 1.69. The summed E-state index contributed by atoms with van der Waals surface area (Å²) in [6.45, 7) is 5.29. The quantitative estimate of drug-likeness (QED) is 0.793. The van der Waals surface area contributed by atoms with Crippen molar-refractivity contribution in [3.8, 4) is 0 Å². The summed E-state index contributed by atoms with van der Waals surface area (Å²) in [5, 5.41) is 12.7. The van der Waals surface area contributed by atoms with Gasteiger partial charge in [-0.3, -0.25) is 15.0 Å². The molecule has 6 nitrogen and oxygen atoms in total. The summed E-state index contributed by atoms with van der Waals surface area (Å²) in [7, 11) is 0. The van der Waals surface area contributed by atoms with Crippen molar-refractivity contribution < 1.29 is 9.90 Å². The Morgan fingerprint density at radius 2 is 2.11 bits per heavy atom. The molecule has 0 radical (unpaired) electrons. The SMILES string of the molecule is CC(C)C1(O)CN(CC(=O)Nc2ncccn2)C1. The number of nitrogens with zero attached hydrogens (tertiary/aromatic N) is 3. The molecular formula is C12H18N4O2. The van der Waals surface area contributed by atoms with E-state index >= 15 is 0 Å². The van der Waals surface area contributed by atoms with Gasteiger partial charge in [0.05, 0.1) is 12.1 Å². The lowest BCUT2D eigenvalue weighted by Gasteiger charge is -2.48. The number of β-amino-alcohol motifs (C(OH)–C–C–N with tert-alkyl or cyclic N) is 1. The van der Waals surface area contributed by atoms with E-state index in [1.54, 1.807) is 18.5 Å². The number of carbonyl (C=O) groups is 1. The lowest BCUT2D eigenvalue weighted by Crippen LogP contribution is -2.65. The molecule has 1 aliphatic rings. The third-order valence-electron chi connectivity index (χ3n) is 3.25. The molecule has 2 N–H and O–H groups in total. The van der Waals surface area contributed by atoms with Crippen molar-refractivity contribution in [3.05, 3.63) is 18.5 Å². The number of hydrogen-bond acceptors (Lipinski definition) is 5. The van der Waals surface area contributed by atoms with Crippen molar-refractivity contribution in [3.63, 3.8) is 0 Å². The van der Waals surface area contributed by atoms with Gasteiger partial charge in [-0.2, -0.15) is 0 Å². The first-order valence-corrected chi connectivity index (χ1v) is 6.01. The molecule has 2 heterocycles. The number of amides is 1. The Morgan fingerprint density at radius 3 is 2.67 bits per heavy atom. The van der Waals surface area contributed by atoms with Gasteiger partial charge < -0.3 is 5.11 Å². The van der Waals surface area contributed by atoms with Crippen LogP contribution in [0.15, 0.2) is 18.5 Å². The van der Waals surface area contributed by atoms with Crippen LogP contribution >= 0.6 is 0 Å². The highest BCUT2D eigenvalue weighted by Crippen LogP contribution is 2.27. The van der Waals surface area contributed by atoms with E-state index in [0.29, 0.717) is 19.0 Å². The van der Waals surface area contributed by atoms with E-state index in [0.717, 1.165) is 0 Å². The van der Waals surface area contributed by atoms with Crippen LogP contribution in [-0.4, -0.2) is 51.1 Å². The molecule has 18 heavy (non-hydrogen) atoms. The Hall–Kier alpha value is -1.53. The van der Waals surface area contributed by atoms with Crippen LogP contribution in [-0.2, 0) is 4.79 Å². The molecule has 0 aromatic carbocycles. The van der Waals surface area contributed by atoms with Gasteiger partial charge in [-0.05, 0) is 12.0 Å². The maximum absolute atomic E-state index is 11.7. The Labute approximate surface area is 106 Å². The first kappa shape index (κ1) is 12.9. The number of anilines is 1. The molecule has 98 valence electrons. The lowest BCUT2D eigenvalue weighted by atomic mass is 9.83. The van der Waals surface area contributed by atoms with Crippen molar-refractivity contribution in [2.24, 2.45) is 5.92 Å². The van der Waals surface area contributed by atoms with Crippen molar-refractivity contribution >= 4 is 11.9 Å². The highest BCUT2D eigenvalue weighted by atomic mass is 16.3. The second kappa shape index (κ2) is 4.99. The highest BCUT2D eigenvalue weighted by molar-refractivity contribution is 5.90. The molecule has 2 rings (SSSR count). The fourth-order valence-electron chi connectivity index (χ4n) is 1.94. The summed E-state index contributed by atoms with van der Waals surface area (Å²) in [4.78, 5) is 21.4. The van der Waals surface area contributed by atoms with Crippen molar-refractivity contribution in [2.75, 3.05) is 25.0 Å². The molecule has 1 aliphatic heterocycles. The van der Waals surface area contributed by atoms with Crippen molar-refractivity contribution in [1.29, 1.82) is 0 Å². The van der Waals surface area contributed by atoms with Crippen LogP contribution in [0.4, 0.5) is 5.95 Å². The predicted molar refractivity (Wildman–Crippen MR) is 66.9 cm³/mol. The number of likely N-dealkylation sites (tertiary alicyclic amines) is 1. The molecule has 1 amide bonds. The van der Waals surface area contributed by atoms with Gasteiger partial charge in [-0.25, -0.2) is 9.97 Å². The number of aromatic nitrogens is 2. The number of hydrogen-bond donors (Lipinski definition) is 2. The van der Waals surface area contributed by atoms with Gasteiger partial charge >= 0.3 is 0 Å². The summed E-state index contributed by atoms with van der Waals surface area (Å²) in [6.07, 6.45) is 3.15. The lowest BCUT2D eigenvalue weighted by molar-refractivity contribution is -0.139. The van der Waals surface area contributed by atoms with Crippen LogP contribution in [0, 0.1) is 5.92 Å². The largest absolute Gasteiger partial charge is 0.387 e. The second-order valence-electron chi connectivity index (χ2n) is 5.02. The zero-order chi connectivity index (χ0) is 13.2. The van der Waals surface area contributed by atoms with Gasteiger partial charge in [-0.15, -0.1) is 0 Å². The predicted octanol–water partition coefficient (Wildman–Crippen LogP) is 0.118. The summed E-state index contributed by atoms with van der Waals surface area (Å²) in [5.41, 5.74) is -0.649. The fraction of sp³-hybridized carbons (Fsp3) is 0.583. The number of aliphatic hydroxyl groups is 1. The van der Waals surface area contributed by atoms with Gasteiger partial charge in [-0.1, -0.05) is 13.8 Å². The van der Waals surface area contributed by atoms with E-state index in [9.17, 15) is 9.90 Å². The molecule has 0 bridgehead atoms. The third-order valence-corrected chi connectivity index (χ3v) is 3.25. The minimum Gasteiger partial charge on any atom is -0.387 e. The number of rotatable bonds is 4. The maximum atomic E-state index is 11.7. The van der Waals surface area contributed by atoms with E-state index in [1.165, 1.54) is 0 Å². The van der Waals surface area contributed by atoms with E-state index in [1.807, 2.05) is 18.7 Å². The second-order valence-corrected chi connectivity index (χ2v) is 5.02. The first-order chi connectivity index (χ1) is 8.49.